The summed E-state index contributed by atoms with van der Waals surface area (Å²) in [5, 5.41) is 11.8. The molecule has 17 heavy (non-hydrogen) atoms. The van der Waals surface area contributed by atoms with Gasteiger partial charge in [-0.25, -0.2) is 0 Å². The number of fused-ring (bicyclic) bond motifs is 1. The predicted octanol–water partition coefficient (Wildman–Crippen LogP) is 2.32. The van der Waals surface area contributed by atoms with Crippen LogP contribution in [0.2, 0.25) is 0 Å². The van der Waals surface area contributed by atoms with Crippen LogP contribution in [0.3, 0.4) is 0 Å². The molecular weight excluding hydrogens is 212 g/mol. The number of nitrogens with one attached hydrogen (secondary N) is 1. The molecule has 1 aliphatic heterocycles. The van der Waals surface area contributed by atoms with E-state index >= 15 is 0 Å². The zero-order valence-corrected chi connectivity index (χ0v) is 10.1. The summed E-state index contributed by atoms with van der Waals surface area (Å²) >= 11 is 0. The van der Waals surface area contributed by atoms with Crippen LogP contribution >= 0.6 is 0 Å². The van der Waals surface area contributed by atoms with E-state index in [1.54, 1.807) is 0 Å². The normalized spacial score (nSPS) is 18.6. The summed E-state index contributed by atoms with van der Waals surface area (Å²) in [5.74, 6) is 2.46. The van der Waals surface area contributed by atoms with E-state index in [9.17, 15) is 0 Å². The first-order chi connectivity index (χ1) is 8.24. The first-order valence-electron chi connectivity index (χ1n) is 5.98. The molecule has 1 aromatic carbocycles. The summed E-state index contributed by atoms with van der Waals surface area (Å²) in [6, 6.07) is 8.42. The highest BCUT2D eigenvalue weighted by Crippen LogP contribution is 2.24. The highest BCUT2D eigenvalue weighted by Gasteiger charge is 2.20. The first-order valence-corrected chi connectivity index (χ1v) is 5.98. The van der Waals surface area contributed by atoms with Crippen LogP contribution in [0.4, 0.5) is 5.95 Å². The smallest absolute Gasteiger partial charge is 0.224 e. The van der Waals surface area contributed by atoms with Gasteiger partial charge >= 0.3 is 0 Å². The Bertz CT molecular complexity index is 527. The second-order valence-corrected chi connectivity index (χ2v) is 4.81. The molecule has 2 aromatic rings. The van der Waals surface area contributed by atoms with Gasteiger partial charge in [0.05, 0.1) is 0 Å². The molecule has 0 radical (unpaired) electrons. The Labute approximate surface area is 101 Å². The maximum atomic E-state index is 4.28. The van der Waals surface area contributed by atoms with Gasteiger partial charge in [-0.05, 0) is 12.8 Å². The molecule has 4 nitrogen and oxygen atoms in total. The second-order valence-electron chi connectivity index (χ2n) is 4.81. The fourth-order valence-corrected chi connectivity index (χ4v) is 2.16. The Kier molecular flexibility index (Phi) is 2.35. The van der Waals surface area contributed by atoms with E-state index in [1.807, 2.05) is 0 Å². The zero-order valence-electron chi connectivity index (χ0n) is 10.1. The molecule has 0 amide bonds. The Morgan fingerprint density at radius 1 is 1.24 bits per heavy atom. The molecule has 1 aromatic heterocycles. The lowest BCUT2D eigenvalue weighted by atomic mass is 10.1. The molecule has 1 unspecified atom stereocenters. The minimum Gasteiger partial charge on any atom is -0.354 e. The van der Waals surface area contributed by atoms with Crippen LogP contribution in [0.1, 0.15) is 12.5 Å². The van der Waals surface area contributed by atoms with Gasteiger partial charge in [-0.3, -0.25) is 4.57 Å². The highest BCUT2D eigenvalue weighted by atomic mass is 15.4. The summed E-state index contributed by atoms with van der Waals surface area (Å²) in [7, 11) is 0. The van der Waals surface area contributed by atoms with E-state index in [0.29, 0.717) is 5.92 Å². The molecule has 0 bridgehead atoms. The van der Waals surface area contributed by atoms with Crippen molar-refractivity contribution in [3.63, 3.8) is 0 Å². The maximum absolute atomic E-state index is 4.28. The van der Waals surface area contributed by atoms with Gasteiger partial charge in [0, 0.05) is 18.7 Å². The fourth-order valence-electron chi connectivity index (χ4n) is 2.16. The van der Waals surface area contributed by atoms with Gasteiger partial charge in [0.25, 0.3) is 0 Å². The second kappa shape index (κ2) is 3.87. The molecule has 0 saturated heterocycles. The lowest BCUT2D eigenvalue weighted by Gasteiger charge is -2.22. The topological polar surface area (TPSA) is 42.7 Å². The maximum Gasteiger partial charge on any atom is 0.224 e. The van der Waals surface area contributed by atoms with Gasteiger partial charge in [-0.15, -0.1) is 10.2 Å². The summed E-state index contributed by atoms with van der Waals surface area (Å²) in [6.45, 7) is 6.28. The third kappa shape index (κ3) is 1.79. The van der Waals surface area contributed by atoms with Crippen molar-refractivity contribution in [1.82, 2.24) is 14.8 Å². The van der Waals surface area contributed by atoms with Crippen LogP contribution in [-0.4, -0.2) is 21.3 Å². The molecule has 0 spiro atoms. The Balaban J connectivity index is 2.04. The number of anilines is 1. The zero-order chi connectivity index (χ0) is 11.8. The third-order valence-corrected chi connectivity index (χ3v) is 3.16. The molecule has 0 saturated carbocycles. The monoisotopic (exact) mass is 228 g/mol. The van der Waals surface area contributed by atoms with Crippen molar-refractivity contribution in [2.24, 2.45) is 5.92 Å². The number of nitrogens with zero attached hydrogens (tertiary/aromatic N) is 3. The van der Waals surface area contributed by atoms with Crippen molar-refractivity contribution in [3.05, 3.63) is 29.8 Å². The largest absolute Gasteiger partial charge is 0.354 e. The minimum absolute atomic E-state index is 0.614. The van der Waals surface area contributed by atoms with Crippen molar-refractivity contribution in [2.45, 2.75) is 20.4 Å². The molecule has 1 atom stereocenters. The third-order valence-electron chi connectivity index (χ3n) is 3.16. The minimum atomic E-state index is 0.614. The van der Waals surface area contributed by atoms with Crippen LogP contribution in [0.5, 0.6) is 0 Å². The Morgan fingerprint density at radius 2 is 2.00 bits per heavy atom. The van der Waals surface area contributed by atoms with Gasteiger partial charge in [0.15, 0.2) is 5.82 Å². The molecule has 3 rings (SSSR count). The van der Waals surface area contributed by atoms with Crippen molar-refractivity contribution < 1.29 is 0 Å². The van der Waals surface area contributed by atoms with Crippen molar-refractivity contribution in [3.8, 4) is 11.4 Å². The molecule has 1 N–H and O–H groups in total. The van der Waals surface area contributed by atoms with E-state index < -0.39 is 0 Å². The van der Waals surface area contributed by atoms with Crippen LogP contribution in [-0.2, 0) is 6.54 Å². The van der Waals surface area contributed by atoms with Crippen molar-refractivity contribution in [2.75, 3.05) is 11.9 Å². The molecule has 0 fully saturated rings. The fraction of sp³-hybridized carbons (Fsp3) is 0.385. The van der Waals surface area contributed by atoms with E-state index in [4.69, 9.17) is 0 Å². The van der Waals surface area contributed by atoms with Gasteiger partial charge in [0.2, 0.25) is 5.95 Å². The van der Waals surface area contributed by atoms with Gasteiger partial charge in [-0.2, -0.15) is 0 Å². The van der Waals surface area contributed by atoms with E-state index in [-0.39, 0.29) is 0 Å². The highest BCUT2D eigenvalue weighted by molar-refractivity contribution is 5.58. The summed E-state index contributed by atoms with van der Waals surface area (Å²) in [6.07, 6.45) is 0. The SMILES string of the molecule is Cc1ccc(-c2nnc3n2CC(C)CN3)cc1. The number of rotatable bonds is 1. The average molecular weight is 228 g/mol. The van der Waals surface area contributed by atoms with Crippen molar-refractivity contribution >= 4 is 5.95 Å². The Hall–Kier alpha value is -1.84. The van der Waals surface area contributed by atoms with Gasteiger partial charge in [-0.1, -0.05) is 36.8 Å². The van der Waals surface area contributed by atoms with E-state index in [1.165, 1.54) is 5.56 Å². The first kappa shape index (κ1) is 10.3. The molecule has 2 heterocycles. The molecular formula is C13H16N4. The molecule has 4 heteroatoms. The summed E-state index contributed by atoms with van der Waals surface area (Å²) in [4.78, 5) is 0. The van der Waals surface area contributed by atoms with E-state index in [2.05, 4.69) is 58.2 Å². The number of hydrogen-bond acceptors (Lipinski definition) is 3. The van der Waals surface area contributed by atoms with Crippen LogP contribution in [0.25, 0.3) is 11.4 Å². The van der Waals surface area contributed by atoms with Crippen LogP contribution in [0, 0.1) is 12.8 Å². The van der Waals surface area contributed by atoms with Crippen molar-refractivity contribution in [1.29, 1.82) is 0 Å². The number of aromatic nitrogens is 3. The predicted molar refractivity (Wildman–Crippen MR) is 67.8 cm³/mol. The lowest BCUT2D eigenvalue weighted by Crippen LogP contribution is -2.25. The molecule has 0 aliphatic carbocycles. The summed E-state index contributed by atoms with van der Waals surface area (Å²) in [5.41, 5.74) is 2.39. The number of hydrogen-bond donors (Lipinski definition) is 1. The summed E-state index contributed by atoms with van der Waals surface area (Å²) < 4.78 is 2.17. The quantitative estimate of drug-likeness (QED) is 0.814. The van der Waals surface area contributed by atoms with Crippen LogP contribution in [0.15, 0.2) is 24.3 Å². The number of benzene rings is 1. The Morgan fingerprint density at radius 3 is 2.76 bits per heavy atom. The lowest BCUT2D eigenvalue weighted by molar-refractivity contribution is 0.480. The number of aryl methyl sites for hydroxylation is 1. The van der Waals surface area contributed by atoms with E-state index in [0.717, 1.165) is 30.4 Å². The van der Waals surface area contributed by atoms with Gasteiger partial charge in [0.1, 0.15) is 0 Å². The molecule has 88 valence electrons. The molecule has 1 aliphatic rings. The average Bonchev–Trinajstić information content (AvgIpc) is 2.73. The standard InChI is InChI=1S/C13H16N4/c1-9-3-5-11(6-4-9)12-15-16-13-14-7-10(2)8-17(12)13/h3-6,10H,7-8H2,1-2H3,(H,14,16). The van der Waals surface area contributed by atoms with Gasteiger partial charge < -0.3 is 5.32 Å². The van der Waals surface area contributed by atoms with Crippen LogP contribution < -0.4 is 5.32 Å².